The van der Waals surface area contributed by atoms with Gasteiger partial charge in [0.2, 0.25) is 0 Å². The van der Waals surface area contributed by atoms with E-state index in [2.05, 4.69) is 0 Å². The standard InChI is InChI=1S/C22H13F12N3/c23-19(24,25)11-6-8-13(15(17(11)35)21(29,30)31)37(10-4-2-1-3-5-10)14-9-7-12(20(26,27)28)18(36)16(14)22(32,33)34/h1-9H,35-36H2. The molecule has 0 aliphatic rings. The van der Waals surface area contributed by atoms with Crippen LogP contribution in [0.15, 0.2) is 54.6 Å². The zero-order valence-corrected chi connectivity index (χ0v) is 17.8. The first kappa shape index (κ1) is 27.8. The van der Waals surface area contributed by atoms with E-state index in [1.54, 1.807) is 0 Å². The van der Waals surface area contributed by atoms with Crippen LogP contribution in [0.5, 0.6) is 0 Å². The molecule has 3 rings (SSSR count). The summed E-state index contributed by atoms with van der Waals surface area (Å²) in [7, 11) is 0. The Hall–Kier alpha value is -3.78. The van der Waals surface area contributed by atoms with Crippen molar-refractivity contribution in [2.75, 3.05) is 16.4 Å². The molecule has 3 aromatic carbocycles. The minimum atomic E-state index is -5.64. The Morgan fingerprint density at radius 2 is 0.811 bits per heavy atom. The smallest absolute Gasteiger partial charge is 0.398 e. The molecule has 4 N–H and O–H groups in total. The number of alkyl halides is 12. The highest BCUT2D eigenvalue weighted by atomic mass is 19.4. The maximum atomic E-state index is 14.0. The maximum Gasteiger partial charge on any atom is 0.420 e. The molecule has 0 spiro atoms. The van der Waals surface area contributed by atoms with Gasteiger partial charge >= 0.3 is 24.7 Å². The van der Waals surface area contributed by atoms with Gasteiger partial charge in [-0.3, -0.25) is 0 Å². The summed E-state index contributed by atoms with van der Waals surface area (Å²) in [5.74, 6) is 0. The van der Waals surface area contributed by atoms with Crippen LogP contribution < -0.4 is 16.4 Å². The van der Waals surface area contributed by atoms with Gasteiger partial charge in [-0.2, -0.15) is 52.7 Å². The molecule has 0 amide bonds. The van der Waals surface area contributed by atoms with Crippen molar-refractivity contribution in [3.8, 4) is 0 Å². The first-order chi connectivity index (χ1) is 16.8. The molecule has 0 radical (unpaired) electrons. The number of hydrogen-bond donors (Lipinski definition) is 2. The second kappa shape index (κ2) is 8.95. The zero-order valence-electron chi connectivity index (χ0n) is 17.8. The van der Waals surface area contributed by atoms with Gasteiger partial charge in [-0.15, -0.1) is 0 Å². The molecule has 200 valence electrons. The van der Waals surface area contributed by atoms with Gasteiger partial charge in [-0.25, -0.2) is 0 Å². The van der Waals surface area contributed by atoms with Crippen LogP contribution in [0.3, 0.4) is 0 Å². The van der Waals surface area contributed by atoms with E-state index in [4.69, 9.17) is 11.5 Å². The van der Waals surface area contributed by atoms with Crippen molar-refractivity contribution in [3.63, 3.8) is 0 Å². The Labute approximate surface area is 199 Å². The van der Waals surface area contributed by atoms with Gasteiger partial charge < -0.3 is 16.4 Å². The normalized spacial score (nSPS) is 13.1. The molecule has 0 heterocycles. The minimum absolute atomic E-state index is 0.122. The van der Waals surface area contributed by atoms with Crippen LogP contribution >= 0.6 is 0 Å². The van der Waals surface area contributed by atoms with Gasteiger partial charge in [0.25, 0.3) is 0 Å². The van der Waals surface area contributed by atoms with Crippen LogP contribution in [0.4, 0.5) is 81.1 Å². The molecule has 3 aromatic rings. The molecule has 0 fully saturated rings. The number of rotatable bonds is 3. The third-order valence-electron chi connectivity index (χ3n) is 5.12. The lowest BCUT2D eigenvalue weighted by Gasteiger charge is -2.32. The SMILES string of the molecule is Nc1c(C(F)(F)F)ccc(N(c2ccccc2)c2ccc(C(F)(F)F)c(N)c2C(F)(F)F)c1C(F)(F)F. The highest BCUT2D eigenvalue weighted by molar-refractivity contribution is 5.86. The first-order valence-electron chi connectivity index (χ1n) is 9.75. The molecule has 15 heteroatoms. The van der Waals surface area contributed by atoms with Gasteiger partial charge in [-0.1, -0.05) is 18.2 Å². The summed E-state index contributed by atoms with van der Waals surface area (Å²) >= 11 is 0. The Morgan fingerprint density at radius 3 is 1.11 bits per heavy atom. The average Bonchev–Trinajstić information content (AvgIpc) is 2.71. The van der Waals surface area contributed by atoms with Crippen LogP contribution in [0, 0.1) is 0 Å². The van der Waals surface area contributed by atoms with E-state index in [1.165, 1.54) is 18.2 Å². The summed E-state index contributed by atoms with van der Waals surface area (Å²) in [6, 6.07) is 6.33. The monoisotopic (exact) mass is 547 g/mol. The number of nitrogen functional groups attached to an aromatic ring is 2. The maximum absolute atomic E-state index is 14.0. The van der Waals surface area contributed by atoms with Crippen molar-refractivity contribution >= 4 is 28.4 Å². The molecule has 37 heavy (non-hydrogen) atoms. The number of nitrogens with zero attached hydrogens (tertiary/aromatic N) is 1. The van der Waals surface area contributed by atoms with Gasteiger partial charge in [0.15, 0.2) is 0 Å². The fraction of sp³-hybridized carbons (Fsp3) is 0.182. The van der Waals surface area contributed by atoms with Gasteiger partial charge in [0, 0.05) is 5.69 Å². The van der Waals surface area contributed by atoms with Crippen LogP contribution in [0.1, 0.15) is 22.3 Å². The van der Waals surface area contributed by atoms with Crippen molar-refractivity contribution in [2.24, 2.45) is 0 Å². The lowest BCUT2D eigenvalue weighted by Crippen LogP contribution is -2.24. The van der Waals surface area contributed by atoms with E-state index in [0.717, 1.165) is 12.1 Å². The summed E-state index contributed by atoms with van der Waals surface area (Å²) < 4.78 is 164. The number of benzene rings is 3. The van der Waals surface area contributed by atoms with E-state index >= 15 is 0 Å². The molecule has 0 saturated heterocycles. The summed E-state index contributed by atoms with van der Waals surface area (Å²) in [4.78, 5) is 0.193. The Morgan fingerprint density at radius 1 is 0.459 bits per heavy atom. The zero-order chi connectivity index (χ0) is 28.1. The van der Waals surface area contributed by atoms with Gasteiger partial charge in [0.05, 0.1) is 33.9 Å². The number of halogens is 12. The van der Waals surface area contributed by atoms with Crippen LogP contribution in [-0.4, -0.2) is 0 Å². The fourth-order valence-electron chi connectivity index (χ4n) is 3.66. The predicted molar refractivity (Wildman–Crippen MR) is 110 cm³/mol. The molecule has 0 atom stereocenters. The quantitative estimate of drug-likeness (QED) is 0.256. The van der Waals surface area contributed by atoms with E-state index in [-0.39, 0.29) is 29.2 Å². The number of hydrogen-bond acceptors (Lipinski definition) is 3. The van der Waals surface area contributed by atoms with Crippen LogP contribution in [0.2, 0.25) is 0 Å². The van der Waals surface area contributed by atoms with E-state index in [9.17, 15) is 52.7 Å². The average molecular weight is 547 g/mol. The molecular weight excluding hydrogens is 534 g/mol. The van der Waals surface area contributed by atoms with E-state index in [1.807, 2.05) is 0 Å². The topological polar surface area (TPSA) is 55.3 Å². The first-order valence-corrected chi connectivity index (χ1v) is 9.75. The highest BCUT2D eigenvalue weighted by Gasteiger charge is 2.46. The second-order valence-electron chi connectivity index (χ2n) is 7.50. The molecule has 0 unspecified atom stereocenters. The Bertz CT molecular complexity index is 1210. The summed E-state index contributed by atoms with van der Waals surface area (Å²) in [5.41, 5.74) is -4.48. The predicted octanol–water partition coefficient (Wildman–Crippen LogP) is 8.40. The largest absolute Gasteiger partial charge is 0.420 e. The van der Waals surface area contributed by atoms with Gasteiger partial charge in [0.1, 0.15) is 11.1 Å². The molecule has 3 nitrogen and oxygen atoms in total. The minimum Gasteiger partial charge on any atom is -0.398 e. The molecular formula is C22H13F12N3. The summed E-state index contributed by atoms with van der Waals surface area (Å²) in [5, 5.41) is 0. The highest BCUT2D eigenvalue weighted by Crippen LogP contribution is 2.53. The lowest BCUT2D eigenvalue weighted by atomic mass is 9.99. The number of nitrogens with two attached hydrogens (primary N) is 2. The molecule has 0 aliphatic heterocycles. The third-order valence-corrected chi connectivity index (χ3v) is 5.12. The number of para-hydroxylation sites is 1. The number of anilines is 5. The molecule has 0 aliphatic carbocycles. The van der Waals surface area contributed by atoms with Crippen molar-refractivity contribution in [2.45, 2.75) is 24.7 Å². The third kappa shape index (κ3) is 5.34. The van der Waals surface area contributed by atoms with Crippen molar-refractivity contribution < 1.29 is 52.7 Å². The fourth-order valence-corrected chi connectivity index (χ4v) is 3.66. The van der Waals surface area contributed by atoms with Crippen LogP contribution in [0.25, 0.3) is 0 Å². The molecule has 0 bridgehead atoms. The Kier molecular flexibility index (Phi) is 6.73. The van der Waals surface area contributed by atoms with Crippen molar-refractivity contribution in [1.29, 1.82) is 0 Å². The van der Waals surface area contributed by atoms with Gasteiger partial charge in [-0.05, 0) is 36.4 Å². The van der Waals surface area contributed by atoms with Crippen LogP contribution in [-0.2, 0) is 24.7 Å². The Balaban J connectivity index is 2.52. The molecule has 0 saturated carbocycles. The second-order valence-corrected chi connectivity index (χ2v) is 7.50. The summed E-state index contributed by atoms with van der Waals surface area (Å²) in [6.07, 6.45) is -22.0. The van der Waals surface area contributed by atoms with Crippen molar-refractivity contribution in [3.05, 3.63) is 76.9 Å². The van der Waals surface area contributed by atoms with Crippen molar-refractivity contribution in [1.82, 2.24) is 0 Å². The van der Waals surface area contributed by atoms with E-state index < -0.39 is 75.4 Å². The lowest BCUT2D eigenvalue weighted by molar-refractivity contribution is -0.142. The van der Waals surface area contributed by atoms with E-state index in [0.29, 0.717) is 0 Å². The molecule has 0 aromatic heterocycles. The summed E-state index contributed by atoms with van der Waals surface area (Å²) in [6.45, 7) is 0.